The average Bonchev–Trinajstić information content (AvgIpc) is 2.82. The molecule has 0 aromatic heterocycles. The molecule has 4 nitrogen and oxygen atoms in total. The summed E-state index contributed by atoms with van der Waals surface area (Å²) in [5.74, 6) is 5.97. The number of hydrogen-bond acceptors (Lipinski definition) is 3. The van der Waals surface area contributed by atoms with Crippen molar-refractivity contribution in [2.45, 2.75) is 26.4 Å². The van der Waals surface area contributed by atoms with Crippen molar-refractivity contribution in [2.75, 3.05) is 18.5 Å². The maximum absolute atomic E-state index is 12.2. The lowest BCUT2D eigenvalue weighted by Gasteiger charge is -2.15. The second-order valence-corrected chi connectivity index (χ2v) is 5.14. The van der Waals surface area contributed by atoms with Gasteiger partial charge in [0.2, 0.25) is 0 Å². The van der Waals surface area contributed by atoms with E-state index in [1.807, 2.05) is 32.0 Å². The average molecular weight is 272 g/mol. The summed E-state index contributed by atoms with van der Waals surface area (Å²) in [5, 5.41) is 2.91. The van der Waals surface area contributed by atoms with E-state index in [1.165, 1.54) is 0 Å². The van der Waals surface area contributed by atoms with Gasteiger partial charge in [-0.25, -0.2) is 0 Å². The minimum atomic E-state index is -0.353. The molecule has 2 atom stereocenters. The Bertz CT molecular complexity index is 557. The summed E-state index contributed by atoms with van der Waals surface area (Å²) >= 11 is 0. The molecule has 2 unspecified atom stereocenters. The molecule has 1 aromatic carbocycles. The van der Waals surface area contributed by atoms with Gasteiger partial charge < -0.3 is 15.8 Å². The third-order valence-corrected chi connectivity index (χ3v) is 3.33. The number of aryl methyl sites for hydroxylation is 1. The molecular weight excluding hydrogens is 252 g/mol. The van der Waals surface area contributed by atoms with Crippen LogP contribution in [0.4, 0.5) is 5.69 Å². The zero-order valence-corrected chi connectivity index (χ0v) is 11.9. The van der Waals surface area contributed by atoms with Gasteiger partial charge in [-0.3, -0.25) is 4.79 Å². The smallest absolute Gasteiger partial charge is 0.253 e. The molecule has 1 heterocycles. The Morgan fingerprint density at radius 2 is 2.30 bits per heavy atom. The topological polar surface area (TPSA) is 64.3 Å². The van der Waals surface area contributed by atoms with Crippen molar-refractivity contribution in [3.63, 3.8) is 0 Å². The molecule has 0 saturated carbocycles. The lowest BCUT2D eigenvalue weighted by molar-refractivity contribution is -0.126. The minimum Gasteiger partial charge on any atom is -0.368 e. The zero-order valence-electron chi connectivity index (χ0n) is 11.9. The summed E-state index contributed by atoms with van der Waals surface area (Å²) < 4.78 is 5.47. The van der Waals surface area contributed by atoms with Gasteiger partial charge in [0.1, 0.15) is 6.10 Å². The summed E-state index contributed by atoms with van der Waals surface area (Å²) in [4.78, 5) is 12.2. The van der Waals surface area contributed by atoms with Gasteiger partial charge in [-0.05, 0) is 43.0 Å². The van der Waals surface area contributed by atoms with Gasteiger partial charge in [-0.1, -0.05) is 18.8 Å². The quantitative estimate of drug-likeness (QED) is 0.805. The van der Waals surface area contributed by atoms with Crippen molar-refractivity contribution in [1.29, 1.82) is 0 Å². The van der Waals surface area contributed by atoms with Gasteiger partial charge in [-0.2, -0.15) is 0 Å². The van der Waals surface area contributed by atoms with Crippen LogP contribution in [0, 0.1) is 24.7 Å². The monoisotopic (exact) mass is 272 g/mol. The van der Waals surface area contributed by atoms with Gasteiger partial charge in [0, 0.05) is 17.9 Å². The van der Waals surface area contributed by atoms with Crippen LogP contribution in [-0.4, -0.2) is 25.2 Å². The molecule has 0 spiro atoms. The standard InChI is InChI=1S/C16H20N2O2/c1-11-8-13(4-3-6-17)10-14(9-11)18-16(19)15-12(2)5-7-20-15/h8-10,12,15H,5-7,17H2,1-2H3,(H,18,19). The number of amides is 1. The van der Waals surface area contributed by atoms with Crippen LogP contribution in [0.2, 0.25) is 0 Å². The van der Waals surface area contributed by atoms with Crippen molar-refractivity contribution in [1.82, 2.24) is 0 Å². The van der Waals surface area contributed by atoms with Gasteiger partial charge in [0.05, 0.1) is 6.54 Å². The lowest BCUT2D eigenvalue weighted by Crippen LogP contribution is -2.31. The molecule has 3 N–H and O–H groups in total. The van der Waals surface area contributed by atoms with E-state index >= 15 is 0 Å². The Morgan fingerprint density at radius 1 is 1.50 bits per heavy atom. The molecule has 1 aliphatic rings. The fourth-order valence-electron chi connectivity index (χ4n) is 2.32. The first-order chi connectivity index (χ1) is 9.60. The summed E-state index contributed by atoms with van der Waals surface area (Å²) in [5.41, 5.74) is 8.02. The van der Waals surface area contributed by atoms with E-state index < -0.39 is 0 Å². The molecule has 20 heavy (non-hydrogen) atoms. The van der Waals surface area contributed by atoms with Crippen molar-refractivity contribution >= 4 is 11.6 Å². The highest BCUT2D eigenvalue weighted by Crippen LogP contribution is 2.22. The van der Waals surface area contributed by atoms with E-state index in [4.69, 9.17) is 10.5 Å². The Morgan fingerprint density at radius 3 is 2.95 bits per heavy atom. The molecule has 1 saturated heterocycles. The number of ether oxygens (including phenoxy) is 1. The van der Waals surface area contributed by atoms with Crippen LogP contribution in [-0.2, 0) is 9.53 Å². The predicted molar refractivity (Wildman–Crippen MR) is 79.3 cm³/mol. The number of benzene rings is 1. The lowest BCUT2D eigenvalue weighted by atomic mass is 10.0. The SMILES string of the molecule is Cc1cc(C#CCN)cc(NC(=O)C2OCCC2C)c1. The second kappa shape index (κ2) is 6.56. The van der Waals surface area contributed by atoms with Crippen molar-refractivity contribution in [3.05, 3.63) is 29.3 Å². The first-order valence-corrected chi connectivity index (χ1v) is 6.83. The molecule has 2 rings (SSSR count). The number of anilines is 1. The largest absolute Gasteiger partial charge is 0.368 e. The summed E-state index contributed by atoms with van der Waals surface area (Å²) in [6.45, 7) is 4.98. The van der Waals surface area contributed by atoms with Crippen LogP contribution in [0.3, 0.4) is 0 Å². The summed E-state index contributed by atoms with van der Waals surface area (Å²) in [6.07, 6.45) is 0.577. The van der Waals surface area contributed by atoms with Gasteiger partial charge in [0.25, 0.3) is 5.91 Å². The normalized spacial score (nSPS) is 21.1. The maximum atomic E-state index is 12.2. The minimum absolute atomic E-state index is 0.0849. The Hall–Kier alpha value is -1.83. The summed E-state index contributed by atoms with van der Waals surface area (Å²) in [7, 11) is 0. The zero-order chi connectivity index (χ0) is 14.5. The number of carbonyl (C=O) groups excluding carboxylic acids is 1. The van der Waals surface area contributed by atoms with Crippen molar-refractivity contribution in [2.24, 2.45) is 11.7 Å². The molecule has 0 aliphatic carbocycles. The van der Waals surface area contributed by atoms with E-state index in [2.05, 4.69) is 17.2 Å². The first-order valence-electron chi connectivity index (χ1n) is 6.83. The third-order valence-electron chi connectivity index (χ3n) is 3.33. The highest BCUT2D eigenvalue weighted by molar-refractivity contribution is 5.94. The molecule has 1 fully saturated rings. The molecule has 1 aliphatic heterocycles. The molecule has 106 valence electrons. The van der Waals surface area contributed by atoms with E-state index in [9.17, 15) is 4.79 Å². The van der Waals surface area contributed by atoms with E-state index in [0.717, 1.165) is 23.2 Å². The molecule has 0 radical (unpaired) electrons. The molecule has 1 amide bonds. The van der Waals surface area contributed by atoms with Crippen LogP contribution >= 0.6 is 0 Å². The molecule has 0 bridgehead atoms. The molecule has 1 aromatic rings. The Balaban J connectivity index is 2.12. The van der Waals surface area contributed by atoms with Crippen molar-refractivity contribution in [3.8, 4) is 11.8 Å². The second-order valence-electron chi connectivity index (χ2n) is 5.14. The fraction of sp³-hybridized carbons (Fsp3) is 0.438. The Kier molecular flexibility index (Phi) is 4.78. The highest BCUT2D eigenvalue weighted by atomic mass is 16.5. The predicted octanol–water partition coefficient (Wildman–Crippen LogP) is 1.67. The van der Waals surface area contributed by atoms with Gasteiger partial charge >= 0.3 is 0 Å². The fourth-order valence-corrected chi connectivity index (χ4v) is 2.32. The third kappa shape index (κ3) is 3.60. The number of carbonyl (C=O) groups is 1. The van der Waals surface area contributed by atoms with E-state index in [1.54, 1.807) is 0 Å². The van der Waals surface area contributed by atoms with Crippen LogP contribution in [0.5, 0.6) is 0 Å². The van der Waals surface area contributed by atoms with E-state index in [0.29, 0.717) is 13.2 Å². The van der Waals surface area contributed by atoms with Crippen LogP contribution in [0.1, 0.15) is 24.5 Å². The number of hydrogen-bond donors (Lipinski definition) is 2. The van der Waals surface area contributed by atoms with Crippen LogP contribution < -0.4 is 11.1 Å². The number of rotatable bonds is 2. The maximum Gasteiger partial charge on any atom is 0.253 e. The summed E-state index contributed by atoms with van der Waals surface area (Å²) in [6, 6.07) is 5.74. The number of nitrogens with one attached hydrogen (secondary N) is 1. The van der Waals surface area contributed by atoms with Crippen LogP contribution in [0.15, 0.2) is 18.2 Å². The molecule has 4 heteroatoms. The molecular formula is C16H20N2O2. The van der Waals surface area contributed by atoms with E-state index in [-0.39, 0.29) is 17.9 Å². The van der Waals surface area contributed by atoms with Gasteiger partial charge in [0.15, 0.2) is 0 Å². The Labute approximate surface area is 119 Å². The first kappa shape index (κ1) is 14.6. The van der Waals surface area contributed by atoms with Crippen molar-refractivity contribution < 1.29 is 9.53 Å². The highest BCUT2D eigenvalue weighted by Gasteiger charge is 2.30. The number of nitrogens with two attached hydrogens (primary N) is 1. The van der Waals surface area contributed by atoms with Crippen LogP contribution in [0.25, 0.3) is 0 Å². The van der Waals surface area contributed by atoms with Gasteiger partial charge in [-0.15, -0.1) is 0 Å².